The standard InChI is InChI=1S/C61H81N9O17/c1-5-6-7-24-86-42-22-18-37(19-23-42)35-10-8-34(9-11-35)36-12-14-39(15-13-36)54(79)64-44-26-46(75)59(87-43(27-62)28-63)68-58(83)50-51(76)31(2)29-70(50)61(85)48(33(4)72)66-57(82)49(53(78)52(77)38-16-20-40(73)21-17-38)67-56(81)45-25-41(74)30-69(45)60(84)47(32(3)71)65-55(44)80/h8-23,31-33,41,43-53,59,71-78H,5-7,24-30,62-63H2,1-4H3,(H,64,79)(H,65,80)(H,66,82)(H,67,81)(H,68,83)/t31-,32+,33+,41+,44?,45?,46+,47?,48?,49?,50?,51-,52-,53-,59?/m0/s1. The number of carbonyl (C=O) groups excluding carboxylic acids is 7. The summed E-state index contributed by atoms with van der Waals surface area (Å²) in [5.41, 5.74) is 15.3. The second-order valence-electron chi connectivity index (χ2n) is 22.5. The Hall–Kier alpha value is -7.63. The molecule has 472 valence electrons. The molecular weight excluding hydrogens is 1130 g/mol. The Bertz CT molecular complexity index is 2990. The van der Waals surface area contributed by atoms with Crippen molar-refractivity contribution in [2.45, 2.75) is 151 Å². The van der Waals surface area contributed by atoms with Crippen LogP contribution in [0.5, 0.6) is 11.5 Å². The summed E-state index contributed by atoms with van der Waals surface area (Å²) in [6.07, 6.45) is -14.2. The van der Waals surface area contributed by atoms with E-state index in [2.05, 4.69) is 33.5 Å². The largest absolute Gasteiger partial charge is 0.508 e. The monoisotopic (exact) mass is 1210 g/mol. The molecule has 3 aliphatic rings. The van der Waals surface area contributed by atoms with E-state index >= 15 is 0 Å². The van der Waals surface area contributed by atoms with Crippen LogP contribution in [0.1, 0.15) is 81.8 Å². The second-order valence-corrected chi connectivity index (χ2v) is 22.5. The minimum absolute atomic E-state index is 0.0177. The summed E-state index contributed by atoms with van der Waals surface area (Å²) in [6.45, 7) is 4.95. The van der Waals surface area contributed by atoms with Gasteiger partial charge in [-0.1, -0.05) is 87.4 Å². The van der Waals surface area contributed by atoms with Crippen molar-refractivity contribution in [3.05, 3.63) is 108 Å². The van der Waals surface area contributed by atoms with E-state index in [1.165, 1.54) is 31.2 Å². The molecule has 26 nitrogen and oxygen atoms in total. The quantitative estimate of drug-likeness (QED) is 0.0498. The predicted molar refractivity (Wildman–Crippen MR) is 314 cm³/mol. The number of aliphatic hydroxyl groups is 7. The van der Waals surface area contributed by atoms with Crippen LogP contribution in [0.2, 0.25) is 0 Å². The molecule has 0 aromatic heterocycles. The van der Waals surface area contributed by atoms with Gasteiger partial charge in [-0.05, 0) is 84.5 Å². The third-order valence-corrected chi connectivity index (χ3v) is 15.9. The van der Waals surface area contributed by atoms with E-state index in [0.29, 0.717) is 12.2 Å². The Morgan fingerprint density at radius 1 is 0.655 bits per heavy atom. The number of nitrogens with two attached hydrogens (primary N) is 2. The molecule has 7 rings (SSSR count). The number of rotatable bonds is 18. The highest BCUT2D eigenvalue weighted by Gasteiger charge is 2.50. The van der Waals surface area contributed by atoms with Crippen LogP contribution in [0.3, 0.4) is 0 Å². The van der Waals surface area contributed by atoms with Crippen molar-refractivity contribution in [1.29, 1.82) is 0 Å². The maximum atomic E-state index is 14.8. The average Bonchev–Trinajstić information content (AvgIpc) is 1.95. The van der Waals surface area contributed by atoms with Crippen molar-refractivity contribution >= 4 is 41.4 Å². The fourth-order valence-corrected chi connectivity index (χ4v) is 10.7. The first-order valence-corrected chi connectivity index (χ1v) is 29.1. The van der Waals surface area contributed by atoms with Gasteiger partial charge in [-0.15, -0.1) is 0 Å². The Kier molecular flexibility index (Phi) is 23.3. The average molecular weight is 1210 g/mol. The third kappa shape index (κ3) is 16.5. The highest BCUT2D eigenvalue weighted by molar-refractivity contribution is 6.00. The predicted octanol–water partition coefficient (Wildman–Crippen LogP) is -1.62. The summed E-state index contributed by atoms with van der Waals surface area (Å²) in [4.78, 5) is 104. The van der Waals surface area contributed by atoms with Crippen molar-refractivity contribution in [3.63, 3.8) is 0 Å². The molecule has 0 spiro atoms. The smallest absolute Gasteiger partial charge is 0.251 e. The Morgan fingerprint density at radius 2 is 1.18 bits per heavy atom. The van der Waals surface area contributed by atoms with Crippen LogP contribution in [-0.2, 0) is 33.5 Å². The number of unbranched alkanes of at least 4 members (excludes halogenated alkanes) is 2. The maximum absolute atomic E-state index is 14.8. The van der Waals surface area contributed by atoms with Gasteiger partial charge in [0.1, 0.15) is 66.1 Å². The van der Waals surface area contributed by atoms with Crippen LogP contribution in [0, 0.1) is 5.92 Å². The van der Waals surface area contributed by atoms with Crippen molar-refractivity contribution < 1.29 is 83.9 Å². The van der Waals surface area contributed by atoms with Crippen molar-refractivity contribution in [1.82, 2.24) is 36.4 Å². The molecule has 3 saturated heterocycles. The molecule has 4 aromatic carbocycles. The molecule has 3 heterocycles. The van der Waals surface area contributed by atoms with Gasteiger partial charge >= 0.3 is 0 Å². The Labute approximate surface area is 503 Å². The minimum atomic E-state index is -2.30. The Morgan fingerprint density at radius 3 is 1.74 bits per heavy atom. The topological polar surface area (TPSA) is 418 Å². The SMILES string of the molecule is CCCCCOc1ccc(-c2ccc(-c3ccc(C(=O)NC4C[C@@H](O)C(OC(CN)CN)NC(=O)C5[C@@H](O)[C@@H](C)CN5C(=O)C([C@@H](C)O)NC(=O)C([C@H](O)[C@@H](O)c5ccc(O)cc5)NC(=O)C5C[C@@H](O)CN5C(=O)C([C@@H](C)O)NC4=O)cc3)cc2)cc1. The van der Waals surface area contributed by atoms with Crippen molar-refractivity contribution in [2.24, 2.45) is 17.4 Å². The van der Waals surface area contributed by atoms with Crippen LogP contribution in [0.25, 0.3) is 22.3 Å². The second kappa shape index (κ2) is 30.3. The van der Waals surface area contributed by atoms with E-state index < -0.39 is 158 Å². The molecule has 0 aliphatic carbocycles. The first kappa shape index (κ1) is 66.9. The number of aromatic hydroxyl groups is 1. The highest BCUT2D eigenvalue weighted by atomic mass is 16.5. The number of benzene rings is 4. The number of carbonyl (C=O) groups is 7. The zero-order valence-electron chi connectivity index (χ0n) is 48.8. The summed E-state index contributed by atoms with van der Waals surface area (Å²) in [5, 5.41) is 102. The molecule has 3 fully saturated rings. The van der Waals surface area contributed by atoms with Crippen LogP contribution in [-0.4, -0.2) is 210 Å². The number of aliphatic hydroxyl groups excluding tert-OH is 7. The number of ether oxygens (including phenoxy) is 2. The summed E-state index contributed by atoms with van der Waals surface area (Å²) in [6, 6.07) is 14.8. The molecule has 26 heteroatoms. The van der Waals surface area contributed by atoms with E-state index in [1.54, 1.807) is 12.1 Å². The van der Waals surface area contributed by atoms with Crippen molar-refractivity contribution in [3.8, 4) is 33.8 Å². The zero-order valence-corrected chi connectivity index (χ0v) is 48.8. The third-order valence-electron chi connectivity index (χ3n) is 15.9. The van der Waals surface area contributed by atoms with Crippen LogP contribution < -0.4 is 42.8 Å². The van der Waals surface area contributed by atoms with E-state index in [4.69, 9.17) is 20.9 Å². The number of amides is 7. The van der Waals surface area contributed by atoms with E-state index in [1.807, 2.05) is 48.5 Å². The van der Waals surface area contributed by atoms with E-state index in [0.717, 1.165) is 77.5 Å². The molecule has 0 radical (unpaired) electrons. The minimum Gasteiger partial charge on any atom is -0.508 e. The molecule has 87 heavy (non-hydrogen) atoms. The molecular formula is C61H81N9O17. The number of nitrogens with zero attached hydrogens (tertiary/aromatic N) is 2. The number of hydrogen-bond acceptors (Lipinski definition) is 19. The molecule has 3 aliphatic heterocycles. The summed E-state index contributed by atoms with van der Waals surface area (Å²) in [5.74, 6) is -8.54. The molecule has 4 aromatic rings. The van der Waals surface area contributed by atoms with Crippen LogP contribution in [0.4, 0.5) is 0 Å². The highest BCUT2D eigenvalue weighted by Crippen LogP contribution is 2.30. The molecule has 17 N–H and O–H groups in total. The molecule has 0 saturated carbocycles. The number of hydrogen-bond donors (Lipinski definition) is 15. The lowest BCUT2D eigenvalue weighted by molar-refractivity contribution is -0.151. The maximum Gasteiger partial charge on any atom is 0.251 e. The van der Waals surface area contributed by atoms with Gasteiger partial charge in [-0.2, -0.15) is 0 Å². The van der Waals surface area contributed by atoms with Gasteiger partial charge in [0.05, 0.1) is 37.1 Å². The number of phenols is 1. The van der Waals surface area contributed by atoms with Crippen molar-refractivity contribution in [2.75, 3.05) is 32.8 Å². The van der Waals surface area contributed by atoms with Gasteiger partial charge in [-0.25, -0.2) is 0 Å². The lowest BCUT2D eigenvalue weighted by Gasteiger charge is -2.34. The van der Waals surface area contributed by atoms with Gasteiger partial charge in [0, 0.05) is 50.5 Å². The fourth-order valence-electron chi connectivity index (χ4n) is 10.7. The van der Waals surface area contributed by atoms with Crippen LogP contribution in [0.15, 0.2) is 97.1 Å². The molecule has 15 atom stereocenters. The van der Waals surface area contributed by atoms with Gasteiger partial charge in [0.2, 0.25) is 35.4 Å². The first-order valence-electron chi connectivity index (χ1n) is 29.1. The fraction of sp³-hybridized carbons (Fsp3) is 0.492. The lowest BCUT2D eigenvalue weighted by atomic mass is 9.96. The lowest BCUT2D eigenvalue weighted by Crippen LogP contribution is -2.64. The van der Waals surface area contributed by atoms with Gasteiger partial charge in [-0.3, -0.25) is 33.6 Å². The number of phenolic OH excluding ortho intramolecular Hbond substituents is 1. The van der Waals surface area contributed by atoms with Gasteiger partial charge in [0.25, 0.3) is 5.91 Å². The zero-order chi connectivity index (χ0) is 63.4. The van der Waals surface area contributed by atoms with E-state index in [-0.39, 0.29) is 36.5 Å². The summed E-state index contributed by atoms with van der Waals surface area (Å²) in [7, 11) is 0. The Balaban J connectivity index is 1.23. The summed E-state index contributed by atoms with van der Waals surface area (Å²) >= 11 is 0. The summed E-state index contributed by atoms with van der Waals surface area (Å²) < 4.78 is 11.9. The first-order chi connectivity index (χ1) is 41.4. The number of fused-ring (bicyclic) bond motifs is 2. The normalized spacial score (nSPS) is 26.7. The van der Waals surface area contributed by atoms with Gasteiger partial charge in [0.15, 0.2) is 6.23 Å². The van der Waals surface area contributed by atoms with Gasteiger partial charge < -0.3 is 98.2 Å². The van der Waals surface area contributed by atoms with Crippen LogP contribution >= 0.6 is 0 Å². The van der Waals surface area contributed by atoms with E-state index in [9.17, 15) is 74.4 Å². The molecule has 0 bridgehead atoms. The molecule has 7 unspecified atom stereocenters. The number of nitrogens with one attached hydrogen (secondary N) is 5. The molecule has 7 amide bonds.